The number of hydrogen-bond donors (Lipinski definition) is 1. The highest BCUT2D eigenvalue weighted by Crippen LogP contribution is 2.13. The molecule has 1 aromatic rings. The van der Waals surface area contributed by atoms with Gasteiger partial charge in [-0.1, -0.05) is 13.8 Å². The normalized spacial score (nSPS) is 10.6. The number of nitrogens with zero attached hydrogens (tertiary/aromatic N) is 1. The molecule has 0 spiro atoms. The van der Waals surface area contributed by atoms with E-state index in [0.717, 1.165) is 18.0 Å². The van der Waals surface area contributed by atoms with E-state index in [-0.39, 0.29) is 0 Å². The minimum atomic E-state index is 0.726. The molecule has 12 heavy (non-hydrogen) atoms. The highest BCUT2D eigenvalue weighted by atomic mass is 14.7. The number of aryl methyl sites for hydroxylation is 1. The van der Waals surface area contributed by atoms with Crippen molar-refractivity contribution in [3.05, 3.63) is 24.0 Å². The van der Waals surface area contributed by atoms with Crippen LogP contribution in [0.25, 0.3) is 0 Å². The van der Waals surface area contributed by atoms with Gasteiger partial charge in [0.05, 0.1) is 0 Å². The lowest BCUT2D eigenvalue weighted by Gasteiger charge is -2.06. The molecule has 1 heterocycles. The summed E-state index contributed by atoms with van der Waals surface area (Å²) in [5.41, 5.74) is 7.81. The molecular formula is C10H16N2. The second-order valence-corrected chi connectivity index (χ2v) is 3.51. The topological polar surface area (TPSA) is 38.9 Å². The van der Waals surface area contributed by atoms with E-state index in [2.05, 4.69) is 18.8 Å². The zero-order chi connectivity index (χ0) is 8.97. The third-order valence-electron chi connectivity index (χ3n) is 1.93. The molecule has 1 rings (SSSR count). The number of anilines is 1. The molecule has 0 saturated carbocycles. The van der Waals surface area contributed by atoms with Gasteiger partial charge in [-0.15, -0.1) is 0 Å². The average molecular weight is 164 g/mol. The number of aromatic nitrogens is 1. The Kier molecular flexibility index (Phi) is 3.09. The maximum absolute atomic E-state index is 5.77. The first-order valence-electron chi connectivity index (χ1n) is 4.38. The van der Waals surface area contributed by atoms with Crippen LogP contribution in [0.5, 0.6) is 0 Å². The van der Waals surface area contributed by atoms with Gasteiger partial charge in [-0.2, -0.15) is 0 Å². The fourth-order valence-corrected chi connectivity index (χ4v) is 1.09. The van der Waals surface area contributed by atoms with Crippen LogP contribution in [0.15, 0.2) is 18.5 Å². The average Bonchev–Trinajstić information content (AvgIpc) is 2.03. The van der Waals surface area contributed by atoms with Gasteiger partial charge in [-0.25, -0.2) is 0 Å². The lowest BCUT2D eigenvalue weighted by molar-refractivity contribution is 0.586. The minimum Gasteiger partial charge on any atom is -0.398 e. The molecule has 66 valence electrons. The molecule has 0 saturated heterocycles. The van der Waals surface area contributed by atoms with Crippen molar-refractivity contribution in [3.63, 3.8) is 0 Å². The van der Waals surface area contributed by atoms with Crippen LogP contribution in [-0.4, -0.2) is 4.98 Å². The molecular weight excluding hydrogens is 148 g/mol. The van der Waals surface area contributed by atoms with Crippen molar-refractivity contribution in [3.8, 4) is 0 Å². The molecule has 2 heteroatoms. The molecule has 0 radical (unpaired) electrons. The Morgan fingerprint density at radius 2 is 2.25 bits per heavy atom. The first kappa shape index (κ1) is 9.04. The molecule has 0 amide bonds. The van der Waals surface area contributed by atoms with Gasteiger partial charge in [0.2, 0.25) is 0 Å². The van der Waals surface area contributed by atoms with Crippen LogP contribution >= 0.6 is 0 Å². The van der Waals surface area contributed by atoms with E-state index in [1.54, 1.807) is 6.20 Å². The van der Waals surface area contributed by atoms with Gasteiger partial charge < -0.3 is 5.73 Å². The number of rotatable bonds is 3. The number of pyridine rings is 1. The van der Waals surface area contributed by atoms with Crippen molar-refractivity contribution >= 4 is 5.69 Å². The van der Waals surface area contributed by atoms with Gasteiger partial charge in [0.1, 0.15) is 0 Å². The molecule has 0 unspecified atom stereocenters. The van der Waals surface area contributed by atoms with Crippen LogP contribution in [0.4, 0.5) is 5.69 Å². The van der Waals surface area contributed by atoms with E-state index in [1.807, 2.05) is 12.3 Å². The summed E-state index contributed by atoms with van der Waals surface area (Å²) in [5, 5.41) is 0. The van der Waals surface area contributed by atoms with Gasteiger partial charge in [-0.3, -0.25) is 4.98 Å². The van der Waals surface area contributed by atoms with Crippen molar-refractivity contribution in [1.29, 1.82) is 0 Å². The van der Waals surface area contributed by atoms with Gasteiger partial charge in [0.25, 0.3) is 0 Å². The zero-order valence-electron chi connectivity index (χ0n) is 7.75. The largest absolute Gasteiger partial charge is 0.398 e. The summed E-state index contributed by atoms with van der Waals surface area (Å²) in [6.45, 7) is 4.43. The maximum Gasteiger partial charge on any atom is 0.0377 e. The highest BCUT2D eigenvalue weighted by molar-refractivity contribution is 5.44. The van der Waals surface area contributed by atoms with Crippen molar-refractivity contribution in [2.45, 2.75) is 26.7 Å². The van der Waals surface area contributed by atoms with Gasteiger partial charge in [-0.05, 0) is 30.4 Å². The number of nitrogens with two attached hydrogens (primary N) is 1. The monoisotopic (exact) mass is 164 g/mol. The Hall–Kier alpha value is -1.05. The summed E-state index contributed by atoms with van der Waals surface area (Å²) in [7, 11) is 0. The van der Waals surface area contributed by atoms with Crippen LogP contribution < -0.4 is 5.73 Å². The summed E-state index contributed by atoms with van der Waals surface area (Å²) in [6, 6.07) is 1.86. The molecule has 0 aliphatic rings. The van der Waals surface area contributed by atoms with Gasteiger partial charge in [0, 0.05) is 18.1 Å². The fraction of sp³-hybridized carbons (Fsp3) is 0.500. The van der Waals surface area contributed by atoms with E-state index >= 15 is 0 Å². The molecule has 0 fully saturated rings. The molecule has 1 aromatic heterocycles. The Balaban J connectivity index is 2.57. The van der Waals surface area contributed by atoms with E-state index in [9.17, 15) is 0 Å². The Morgan fingerprint density at radius 3 is 2.83 bits per heavy atom. The lowest BCUT2D eigenvalue weighted by Crippen LogP contribution is -1.97. The Bertz CT molecular complexity index is 243. The van der Waals surface area contributed by atoms with Crippen LogP contribution in [0.2, 0.25) is 0 Å². The van der Waals surface area contributed by atoms with E-state index < -0.39 is 0 Å². The quantitative estimate of drug-likeness (QED) is 0.744. The van der Waals surface area contributed by atoms with Crippen LogP contribution in [0.1, 0.15) is 25.8 Å². The van der Waals surface area contributed by atoms with Gasteiger partial charge in [0.15, 0.2) is 0 Å². The third kappa shape index (κ3) is 2.53. The van der Waals surface area contributed by atoms with Gasteiger partial charge >= 0.3 is 0 Å². The maximum atomic E-state index is 5.77. The van der Waals surface area contributed by atoms with Crippen molar-refractivity contribution in [1.82, 2.24) is 4.98 Å². The second kappa shape index (κ2) is 4.10. The highest BCUT2D eigenvalue weighted by Gasteiger charge is 1.99. The summed E-state index contributed by atoms with van der Waals surface area (Å²) in [4.78, 5) is 4.04. The molecule has 0 aliphatic carbocycles. The zero-order valence-corrected chi connectivity index (χ0v) is 7.75. The summed E-state index contributed by atoms with van der Waals surface area (Å²) < 4.78 is 0. The second-order valence-electron chi connectivity index (χ2n) is 3.51. The fourth-order valence-electron chi connectivity index (χ4n) is 1.09. The first-order valence-corrected chi connectivity index (χ1v) is 4.38. The third-order valence-corrected chi connectivity index (χ3v) is 1.93. The van der Waals surface area contributed by atoms with E-state index in [4.69, 9.17) is 5.73 Å². The first-order chi connectivity index (χ1) is 5.70. The predicted molar refractivity (Wildman–Crippen MR) is 51.8 cm³/mol. The van der Waals surface area contributed by atoms with E-state index in [0.29, 0.717) is 0 Å². The van der Waals surface area contributed by atoms with E-state index in [1.165, 1.54) is 12.0 Å². The van der Waals surface area contributed by atoms with Crippen LogP contribution in [0, 0.1) is 5.92 Å². The SMILES string of the molecule is CC(C)CCc1cnccc1N. The Labute approximate surface area is 73.8 Å². The molecule has 0 aromatic carbocycles. The lowest BCUT2D eigenvalue weighted by atomic mass is 10.0. The standard InChI is InChI=1S/C10H16N2/c1-8(2)3-4-9-7-12-6-5-10(9)11/h5-8H,3-4H2,1-2H3,(H2,11,12). The molecule has 0 aliphatic heterocycles. The van der Waals surface area contributed by atoms with Crippen LogP contribution in [0.3, 0.4) is 0 Å². The number of hydrogen-bond acceptors (Lipinski definition) is 2. The van der Waals surface area contributed by atoms with Crippen molar-refractivity contribution < 1.29 is 0 Å². The molecule has 2 nitrogen and oxygen atoms in total. The minimum absolute atomic E-state index is 0.726. The van der Waals surface area contributed by atoms with Crippen LogP contribution in [-0.2, 0) is 6.42 Å². The molecule has 0 atom stereocenters. The predicted octanol–water partition coefficient (Wildman–Crippen LogP) is 2.25. The molecule has 0 bridgehead atoms. The summed E-state index contributed by atoms with van der Waals surface area (Å²) in [6.07, 6.45) is 5.80. The summed E-state index contributed by atoms with van der Waals surface area (Å²) >= 11 is 0. The summed E-state index contributed by atoms with van der Waals surface area (Å²) in [5.74, 6) is 0.726. The van der Waals surface area contributed by atoms with Crippen molar-refractivity contribution in [2.75, 3.05) is 5.73 Å². The smallest absolute Gasteiger partial charge is 0.0377 e. The van der Waals surface area contributed by atoms with Crippen molar-refractivity contribution in [2.24, 2.45) is 5.92 Å². The number of nitrogen functional groups attached to an aromatic ring is 1. The Morgan fingerprint density at radius 1 is 1.50 bits per heavy atom. The molecule has 2 N–H and O–H groups in total.